The molecule has 0 N–H and O–H groups in total. The second-order valence-corrected chi connectivity index (χ2v) is 4.60. The van der Waals surface area contributed by atoms with Crippen LogP contribution in [-0.2, 0) is 10.3 Å². The van der Waals surface area contributed by atoms with Gasteiger partial charge in [-0.1, -0.05) is 6.07 Å². The van der Waals surface area contributed by atoms with E-state index in [-0.39, 0.29) is 4.47 Å². The lowest BCUT2D eigenvalue weighted by Crippen LogP contribution is -2.32. The smallest absolute Gasteiger partial charge is 0.211 e. The molecule has 0 aromatic heterocycles. The summed E-state index contributed by atoms with van der Waals surface area (Å²) in [6.45, 7) is 0. The number of aliphatic imine (C=N–C) groups is 1. The van der Waals surface area contributed by atoms with Gasteiger partial charge in [-0.05, 0) is 46.8 Å². The maximum atomic E-state index is 13.4. The quantitative estimate of drug-likeness (QED) is 0.465. The molecule has 0 unspecified atom stereocenters. The Bertz CT molecular complexity index is 479. The maximum Gasteiger partial charge on any atom is 0.235 e. The average Bonchev–Trinajstić information content (AvgIpc) is 2.21. The molecule has 5 heteroatoms. The van der Waals surface area contributed by atoms with Crippen molar-refractivity contribution in [3.8, 4) is 0 Å². The van der Waals surface area contributed by atoms with Crippen LogP contribution in [0.25, 0.3) is 0 Å². The van der Waals surface area contributed by atoms with Crippen LogP contribution in [-0.4, -0.2) is 6.08 Å². The van der Waals surface area contributed by atoms with Gasteiger partial charge in [0, 0.05) is 0 Å². The SMILES string of the molecule is O=C=NC1(c2ccc(F)c(F)c2Br)CCC1. The molecule has 0 spiro atoms. The fourth-order valence-corrected chi connectivity index (χ4v) is 2.62. The highest BCUT2D eigenvalue weighted by Gasteiger charge is 2.41. The fraction of sp³-hybridized carbons (Fsp3) is 0.364. The predicted octanol–water partition coefficient (Wildman–Crippen LogP) is 3.44. The normalized spacial score (nSPS) is 17.4. The number of halogens is 3. The van der Waals surface area contributed by atoms with Crippen molar-refractivity contribution in [2.24, 2.45) is 4.99 Å². The van der Waals surface area contributed by atoms with E-state index in [9.17, 15) is 13.6 Å². The van der Waals surface area contributed by atoms with Crippen molar-refractivity contribution < 1.29 is 13.6 Å². The molecule has 0 aliphatic heterocycles. The number of nitrogens with zero attached hydrogens (tertiary/aromatic N) is 1. The Hall–Kier alpha value is -1.06. The van der Waals surface area contributed by atoms with Gasteiger partial charge in [0.2, 0.25) is 6.08 Å². The summed E-state index contributed by atoms with van der Waals surface area (Å²) < 4.78 is 26.4. The Kier molecular flexibility index (Phi) is 2.91. The van der Waals surface area contributed by atoms with Gasteiger partial charge in [-0.3, -0.25) is 0 Å². The Morgan fingerprint density at radius 3 is 2.56 bits per heavy atom. The largest absolute Gasteiger partial charge is 0.235 e. The number of hydrogen-bond acceptors (Lipinski definition) is 2. The first-order chi connectivity index (χ1) is 7.60. The van der Waals surface area contributed by atoms with Gasteiger partial charge in [0.15, 0.2) is 11.6 Å². The van der Waals surface area contributed by atoms with Crippen molar-refractivity contribution in [2.45, 2.75) is 24.8 Å². The van der Waals surface area contributed by atoms with Crippen molar-refractivity contribution in [3.63, 3.8) is 0 Å². The van der Waals surface area contributed by atoms with Gasteiger partial charge in [-0.15, -0.1) is 0 Å². The fourth-order valence-electron chi connectivity index (χ4n) is 1.93. The summed E-state index contributed by atoms with van der Waals surface area (Å²) in [5.74, 6) is -1.86. The van der Waals surface area contributed by atoms with Gasteiger partial charge < -0.3 is 0 Å². The average molecular weight is 288 g/mol. The van der Waals surface area contributed by atoms with Gasteiger partial charge >= 0.3 is 0 Å². The highest BCUT2D eigenvalue weighted by atomic mass is 79.9. The highest BCUT2D eigenvalue weighted by Crippen LogP contribution is 2.47. The van der Waals surface area contributed by atoms with E-state index in [4.69, 9.17) is 0 Å². The minimum atomic E-state index is -0.940. The van der Waals surface area contributed by atoms with Crippen molar-refractivity contribution in [2.75, 3.05) is 0 Å². The van der Waals surface area contributed by atoms with Crippen LogP contribution in [0.4, 0.5) is 8.78 Å². The number of benzene rings is 1. The standard InChI is InChI=1S/C11H8BrF2NO/c12-9-7(2-3-8(13)10(9)14)11(15-6-16)4-1-5-11/h2-3H,1,4-5H2. The molecule has 0 saturated heterocycles. The third-order valence-corrected chi connectivity index (χ3v) is 3.75. The van der Waals surface area contributed by atoms with Gasteiger partial charge in [0.1, 0.15) is 0 Å². The second-order valence-electron chi connectivity index (χ2n) is 3.81. The maximum absolute atomic E-state index is 13.4. The lowest BCUT2D eigenvalue weighted by atomic mass is 9.72. The van der Waals surface area contributed by atoms with Crippen molar-refractivity contribution in [1.29, 1.82) is 0 Å². The van der Waals surface area contributed by atoms with Crippen LogP contribution >= 0.6 is 15.9 Å². The molecule has 0 heterocycles. The summed E-state index contributed by atoms with van der Waals surface area (Å²) in [7, 11) is 0. The molecule has 0 atom stereocenters. The topological polar surface area (TPSA) is 29.4 Å². The molecule has 0 radical (unpaired) electrons. The Balaban J connectivity index is 2.55. The molecule has 84 valence electrons. The molecule has 16 heavy (non-hydrogen) atoms. The first-order valence-electron chi connectivity index (χ1n) is 4.84. The van der Waals surface area contributed by atoms with E-state index in [0.717, 1.165) is 12.5 Å². The zero-order valence-electron chi connectivity index (χ0n) is 8.27. The van der Waals surface area contributed by atoms with Crippen molar-refractivity contribution in [1.82, 2.24) is 0 Å². The van der Waals surface area contributed by atoms with Crippen LogP contribution in [0.2, 0.25) is 0 Å². The van der Waals surface area contributed by atoms with E-state index in [1.54, 1.807) is 0 Å². The van der Waals surface area contributed by atoms with E-state index < -0.39 is 17.2 Å². The van der Waals surface area contributed by atoms with Crippen LogP contribution in [0.15, 0.2) is 21.6 Å². The third-order valence-electron chi connectivity index (χ3n) is 2.98. The van der Waals surface area contributed by atoms with Gasteiger partial charge in [0.05, 0.1) is 10.0 Å². The Labute approximate surface area is 99.5 Å². The zero-order chi connectivity index (χ0) is 11.8. The third kappa shape index (κ3) is 1.60. The number of hydrogen-bond donors (Lipinski definition) is 0. The van der Waals surface area contributed by atoms with E-state index >= 15 is 0 Å². The number of carbonyl (C=O) groups excluding carboxylic acids is 1. The van der Waals surface area contributed by atoms with E-state index in [2.05, 4.69) is 20.9 Å². The van der Waals surface area contributed by atoms with Crippen LogP contribution < -0.4 is 0 Å². The van der Waals surface area contributed by atoms with Gasteiger partial charge in [-0.25, -0.2) is 13.6 Å². The van der Waals surface area contributed by atoms with Crippen LogP contribution in [0, 0.1) is 11.6 Å². The summed E-state index contributed by atoms with van der Waals surface area (Å²) in [4.78, 5) is 14.1. The Morgan fingerprint density at radius 1 is 1.38 bits per heavy atom. The molecule has 1 aliphatic carbocycles. The van der Waals surface area contributed by atoms with Gasteiger partial charge in [-0.2, -0.15) is 4.99 Å². The molecule has 1 saturated carbocycles. The molecule has 1 aromatic rings. The summed E-state index contributed by atoms with van der Waals surface area (Å²) in [5, 5.41) is 0. The first kappa shape index (κ1) is 11.4. The molecule has 2 nitrogen and oxygen atoms in total. The first-order valence-corrected chi connectivity index (χ1v) is 5.63. The predicted molar refractivity (Wildman–Crippen MR) is 57.7 cm³/mol. The Morgan fingerprint density at radius 2 is 2.06 bits per heavy atom. The minimum Gasteiger partial charge on any atom is -0.211 e. The summed E-state index contributed by atoms with van der Waals surface area (Å²) in [6, 6.07) is 2.51. The monoisotopic (exact) mass is 287 g/mol. The molecule has 1 aliphatic rings. The second kappa shape index (κ2) is 4.07. The van der Waals surface area contributed by atoms with E-state index in [1.807, 2.05) is 0 Å². The molecular formula is C11H8BrF2NO. The van der Waals surface area contributed by atoms with E-state index in [0.29, 0.717) is 18.4 Å². The zero-order valence-corrected chi connectivity index (χ0v) is 9.85. The molecule has 0 amide bonds. The molecule has 1 fully saturated rings. The summed E-state index contributed by atoms with van der Waals surface area (Å²) in [6.07, 6.45) is 3.74. The lowest BCUT2D eigenvalue weighted by Gasteiger charge is -2.37. The number of isocyanates is 1. The van der Waals surface area contributed by atoms with Gasteiger partial charge in [0.25, 0.3) is 0 Å². The summed E-state index contributed by atoms with van der Waals surface area (Å²) >= 11 is 3.01. The van der Waals surface area contributed by atoms with Crippen LogP contribution in [0.3, 0.4) is 0 Å². The summed E-state index contributed by atoms with van der Waals surface area (Å²) in [5.41, 5.74) is -0.198. The van der Waals surface area contributed by atoms with Crippen LogP contribution in [0.5, 0.6) is 0 Å². The molecular weight excluding hydrogens is 280 g/mol. The number of rotatable bonds is 2. The van der Waals surface area contributed by atoms with Crippen LogP contribution in [0.1, 0.15) is 24.8 Å². The highest BCUT2D eigenvalue weighted by molar-refractivity contribution is 9.10. The molecule has 0 bridgehead atoms. The lowest BCUT2D eigenvalue weighted by molar-refractivity contribution is 0.253. The molecule has 1 aromatic carbocycles. The minimum absolute atomic E-state index is 0.0474. The van der Waals surface area contributed by atoms with E-state index in [1.165, 1.54) is 12.1 Å². The van der Waals surface area contributed by atoms with Crippen molar-refractivity contribution in [3.05, 3.63) is 33.8 Å². The van der Waals surface area contributed by atoms with Crippen molar-refractivity contribution >= 4 is 22.0 Å². The molecule has 2 rings (SSSR count).